The Morgan fingerprint density at radius 2 is 1.59 bits per heavy atom. The molecule has 188 valence electrons. The van der Waals surface area contributed by atoms with Crippen molar-refractivity contribution in [1.29, 1.82) is 0 Å². The van der Waals surface area contributed by atoms with Crippen LogP contribution in [0.15, 0.2) is 29.3 Å². The zero-order valence-electron chi connectivity index (χ0n) is 19.5. The van der Waals surface area contributed by atoms with Crippen molar-refractivity contribution in [3.05, 3.63) is 29.8 Å². The molecule has 0 aromatic heterocycles. The van der Waals surface area contributed by atoms with Crippen LogP contribution in [0.2, 0.25) is 0 Å². The van der Waals surface area contributed by atoms with Crippen LogP contribution in [0.1, 0.15) is 56.9 Å². The molecule has 0 radical (unpaired) electrons. The Labute approximate surface area is 199 Å². The quantitative estimate of drug-likeness (QED) is 0.132. The first-order valence-corrected chi connectivity index (χ1v) is 11.2. The number of methoxy groups -OCH3 is 1. The maximum atomic E-state index is 12.4. The third-order valence-corrected chi connectivity index (χ3v) is 4.92. The van der Waals surface area contributed by atoms with Crippen LogP contribution in [-0.2, 0) is 25.6 Å². The summed E-state index contributed by atoms with van der Waals surface area (Å²) in [7, 11) is 1.52. The Bertz CT molecular complexity index is 837. The molecule has 0 aliphatic carbocycles. The standard InChI is InChI=1S/C23H35N5O6/c1-34-17-11-9-16(10-12-17)14-20(30)28-22(33)18(15-21(31)32)27-19(29)8-6-4-2-3-5-7-13-26-23(24)25/h9-12,18H,2-8,13-15H2,1H3,(H,27,29)(H,31,32)(H4,24,25,26)(H,28,30,33)/t18-/m0/s1. The van der Waals surface area contributed by atoms with Crippen molar-refractivity contribution in [3.8, 4) is 5.75 Å². The molecule has 0 heterocycles. The third kappa shape index (κ3) is 13.0. The summed E-state index contributed by atoms with van der Waals surface area (Å²) in [6.07, 6.45) is 4.70. The fourth-order valence-corrected chi connectivity index (χ4v) is 3.16. The fraction of sp³-hybridized carbons (Fsp3) is 0.522. The molecule has 1 aromatic rings. The molecule has 3 amide bonds. The number of nitrogens with one attached hydrogen (secondary N) is 2. The number of unbranched alkanes of at least 4 members (excludes halogenated alkanes) is 5. The molecule has 0 aliphatic rings. The van der Waals surface area contributed by atoms with Crippen LogP contribution in [0.5, 0.6) is 5.75 Å². The first-order valence-electron chi connectivity index (χ1n) is 11.2. The summed E-state index contributed by atoms with van der Waals surface area (Å²) >= 11 is 0. The number of nitrogens with zero attached hydrogens (tertiary/aromatic N) is 1. The number of hydrogen-bond donors (Lipinski definition) is 5. The lowest BCUT2D eigenvalue weighted by Crippen LogP contribution is -2.49. The molecule has 0 saturated heterocycles. The van der Waals surface area contributed by atoms with Gasteiger partial charge in [0.25, 0.3) is 0 Å². The topological polar surface area (TPSA) is 186 Å². The number of guanidine groups is 1. The SMILES string of the molecule is COc1ccc(CC(=O)NC(=O)[C@H](CC(=O)O)NC(=O)CCCCCCCCN=C(N)N)cc1. The van der Waals surface area contributed by atoms with E-state index in [2.05, 4.69) is 15.6 Å². The Kier molecular flexibility index (Phi) is 13.4. The molecule has 11 heteroatoms. The predicted octanol–water partition coefficient (Wildman–Crippen LogP) is 0.844. The zero-order chi connectivity index (χ0) is 25.3. The zero-order valence-corrected chi connectivity index (χ0v) is 19.5. The monoisotopic (exact) mass is 477 g/mol. The number of benzene rings is 1. The minimum absolute atomic E-state index is 0.0740. The first-order chi connectivity index (χ1) is 16.2. The molecular weight excluding hydrogens is 442 g/mol. The summed E-state index contributed by atoms with van der Waals surface area (Å²) in [4.78, 5) is 51.8. The Balaban J connectivity index is 2.38. The van der Waals surface area contributed by atoms with Crippen LogP contribution >= 0.6 is 0 Å². The van der Waals surface area contributed by atoms with E-state index < -0.39 is 36.2 Å². The number of ether oxygens (including phenoxy) is 1. The Morgan fingerprint density at radius 1 is 0.971 bits per heavy atom. The number of hydrogen-bond acceptors (Lipinski definition) is 6. The van der Waals surface area contributed by atoms with E-state index in [0.29, 0.717) is 24.3 Å². The second-order valence-corrected chi connectivity index (χ2v) is 7.83. The first kappa shape index (κ1) is 28.4. The number of carboxylic acid groups (broad SMARTS) is 1. The van der Waals surface area contributed by atoms with Crippen LogP contribution in [0, 0.1) is 0 Å². The van der Waals surface area contributed by atoms with Gasteiger partial charge in [-0.1, -0.05) is 37.8 Å². The largest absolute Gasteiger partial charge is 0.497 e. The third-order valence-electron chi connectivity index (χ3n) is 4.92. The molecule has 0 bridgehead atoms. The summed E-state index contributed by atoms with van der Waals surface area (Å²) < 4.78 is 5.05. The number of nitrogens with two attached hydrogens (primary N) is 2. The molecule has 11 nitrogen and oxygen atoms in total. The van der Waals surface area contributed by atoms with E-state index in [1.165, 1.54) is 7.11 Å². The molecule has 0 spiro atoms. The van der Waals surface area contributed by atoms with Crippen LogP contribution in [0.3, 0.4) is 0 Å². The maximum absolute atomic E-state index is 12.4. The van der Waals surface area contributed by atoms with Crippen LogP contribution in [0.25, 0.3) is 0 Å². The second-order valence-electron chi connectivity index (χ2n) is 7.83. The highest BCUT2D eigenvalue weighted by atomic mass is 16.5. The van der Waals surface area contributed by atoms with E-state index in [-0.39, 0.29) is 18.8 Å². The van der Waals surface area contributed by atoms with E-state index in [4.69, 9.17) is 21.3 Å². The van der Waals surface area contributed by atoms with Gasteiger partial charge in [-0.25, -0.2) is 0 Å². The van der Waals surface area contributed by atoms with Crippen molar-refractivity contribution in [3.63, 3.8) is 0 Å². The maximum Gasteiger partial charge on any atom is 0.305 e. The lowest BCUT2D eigenvalue weighted by Gasteiger charge is -2.16. The molecule has 0 fully saturated rings. The summed E-state index contributed by atoms with van der Waals surface area (Å²) in [5.41, 5.74) is 11.2. The highest BCUT2D eigenvalue weighted by Gasteiger charge is 2.25. The van der Waals surface area contributed by atoms with Crippen molar-refractivity contribution >= 4 is 29.7 Å². The number of amides is 3. The fourth-order valence-electron chi connectivity index (χ4n) is 3.16. The van der Waals surface area contributed by atoms with E-state index >= 15 is 0 Å². The van der Waals surface area contributed by atoms with Crippen molar-refractivity contribution in [2.45, 2.75) is 63.8 Å². The Hall–Kier alpha value is -3.63. The number of carboxylic acids is 1. The summed E-state index contributed by atoms with van der Waals surface area (Å²) in [5, 5.41) is 13.7. The highest BCUT2D eigenvalue weighted by Crippen LogP contribution is 2.12. The molecule has 0 aliphatic heterocycles. The Morgan fingerprint density at radius 3 is 2.18 bits per heavy atom. The van der Waals surface area contributed by atoms with E-state index in [1.54, 1.807) is 24.3 Å². The summed E-state index contributed by atoms with van der Waals surface area (Å²) in [6, 6.07) is 5.41. The van der Waals surface area contributed by atoms with Gasteiger partial charge in [0, 0.05) is 13.0 Å². The molecular formula is C23H35N5O6. The van der Waals surface area contributed by atoms with Crippen molar-refractivity contribution < 1.29 is 29.0 Å². The molecule has 1 atom stereocenters. The molecule has 0 saturated carbocycles. The number of rotatable bonds is 16. The van der Waals surface area contributed by atoms with Gasteiger partial charge >= 0.3 is 5.97 Å². The van der Waals surface area contributed by atoms with Gasteiger partial charge in [0.05, 0.1) is 20.0 Å². The van der Waals surface area contributed by atoms with E-state index in [9.17, 15) is 19.2 Å². The van der Waals surface area contributed by atoms with Crippen LogP contribution in [0.4, 0.5) is 0 Å². The molecule has 34 heavy (non-hydrogen) atoms. The molecule has 7 N–H and O–H groups in total. The average Bonchev–Trinajstić information content (AvgIpc) is 2.77. The van der Waals surface area contributed by atoms with Crippen molar-refractivity contribution in [2.24, 2.45) is 16.5 Å². The minimum atomic E-state index is -1.33. The highest BCUT2D eigenvalue weighted by molar-refractivity contribution is 6.01. The van der Waals surface area contributed by atoms with Crippen molar-refractivity contribution in [2.75, 3.05) is 13.7 Å². The number of aliphatic imine (C=N–C) groups is 1. The second kappa shape index (κ2) is 16.1. The lowest BCUT2D eigenvalue weighted by molar-refractivity contribution is -0.142. The molecule has 1 rings (SSSR count). The normalized spacial score (nSPS) is 11.2. The molecule has 0 unspecified atom stereocenters. The van der Waals surface area contributed by atoms with E-state index in [0.717, 1.165) is 32.1 Å². The van der Waals surface area contributed by atoms with Gasteiger partial charge in [-0.05, 0) is 30.5 Å². The summed E-state index contributed by atoms with van der Waals surface area (Å²) in [6.45, 7) is 0.598. The van der Waals surface area contributed by atoms with E-state index in [1.807, 2.05) is 0 Å². The predicted molar refractivity (Wildman–Crippen MR) is 127 cm³/mol. The van der Waals surface area contributed by atoms with Gasteiger partial charge in [0.2, 0.25) is 17.7 Å². The van der Waals surface area contributed by atoms with Gasteiger partial charge in [0.15, 0.2) is 5.96 Å². The summed E-state index contributed by atoms with van der Waals surface area (Å²) in [5.74, 6) is -2.43. The van der Waals surface area contributed by atoms with Gasteiger partial charge in [-0.15, -0.1) is 0 Å². The number of aliphatic carboxylic acids is 1. The average molecular weight is 478 g/mol. The van der Waals surface area contributed by atoms with Crippen molar-refractivity contribution in [1.82, 2.24) is 10.6 Å². The lowest BCUT2D eigenvalue weighted by atomic mass is 10.1. The van der Waals surface area contributed by atoms with Gasteiger partial charge in [0.1, 0.15) is 11.8 Å². The van der Waals surface area contributed by atoms with Crippen LogP contribution in [-0.4, -0.2) is 54.5 Å². The minimum Gasteiger partial charge on any atom is -0.497 e. The van der Waals surface area contributed by atoms with Gasteiger partial charge in [-0.2, -0.15) is 0 Å². The van der Waals surface area contributed by atoms with Gasteiger partial charge in [-0.3, -0.25) is 29.5 Å². The molecule has 1 aromatic carbocycles. The smallest absolute Gasteiger partial charge is 0.305 e. The number of carbonyl (C=O) groups is 4. The number of imide groups is 1. The number of carbonyl (C=O) groups excluding carboxylic acids is 3. The van der Waals surface area contributed by atoms with Gasteiger partial charge < -0.3 is 26.6 Å². The van der Waals surface area contributed by atoms with Crippen LogP contribution < -0.4 is 26.8 Å².